The fourth-order valence-corrected chi connectivity index (χ4v) is 1.10. The summed E-state index contributed by atoms with van der Waals surface area (Å²) in [6.07, 6.45) is 0. The van der Waals surface area contributed by atoms with Gasteiger partial charge in [0, 0.05) is 10.6 Å². The van der Waals surface area contributed by atoms with Crippen molar-refractivity contribution in [2.45, 2.75) is 0 Å². The Morgan fingerprint density at radius 2 is 2.15 bits per heavy atom. The van der Waals surface area contributed by atoms with E-state index in [2.05, 4.69) is 24.5 Å². The van der Waals surface area contributed by atoms with Crippen LogP contribution in [0.15, 0.2) is 18.2 Å². The number of halogens is 1. The first-order chi connectivity index (χ1) is 6.27. The Balaban J connectivity index is 3.16. The number of nitriles is 1. The van der Waals surface area contributed by atoms with Crippen molar-refractivity contribution in [1.82, 2.24) is 0 Å². The molecule has 0 fully saturated rings. The van der Waals surface area contributed by atoms with E-state index in [1.807, 2.05) is 6.07 Å². The highest BCUT2D eigenvalue weighted by molar-refractivity contribution is 7.80. The summed E-state index contributed by atoms with van der Waals surface area (Å²) in [7, 11) is 0. The average molecular weight is 208 g/mol. The molecule has 1 rings (SSSR count). The third-order valence-electron chi connectivity index (χ3n) is 1.40. The maximum absolute atomic E-state index is 8.75. The third kappa shape index (κ3) is 2.70. The Kier molecular flexibility index (Phi) is 3.71. The van der Waals surface area contributed by atoms with Crippen LogP contribution in [-0.4, -0.2) is 5.75 Å². The molecule has 0 amide bonds. The second-order valence-electron chi connectivity index (χ2n) is 2.26. The Morgan fingerprint density at radius 1 is 1.38 bits per heavy atom. The lowest BCUT2D eigenvalue weighted by Crippen LogP contribution is -1.82. The van der Waals surface area contributed by atoms with Gasteiger partial charge in [0.05, 0.1) is 11.3 Å². The van der Waals surface area contributed by atoms with Crippen LogP contribution >= 0.6 is 24.2 Å². The number of rotatable bonds is 0. The number of nitrogens with zero attached hydrogens (tertiary/aromatic N) is 1. The minimum Gasteiger partial charge on any atom is -0.192 e. The van der Waals surface area contributed by atoms with Crippen LogP contribution in [0.5, 0.6) is 0 Å². The lowest BCUT2D eigenvalue weighted by atomic mass is 10.1. The highest BCUT2D eigenvalue weighted by Crippen LogP contribution is 2.14. The van der Waals surface area contributed by atoms with Crippen LogP contribution in [-0.2, 0) is 0 Å². The summed E-state index contributed by atoms with van der Waals surface area (Å²) in [5.74, 6) is 6.09. The molecule has 13 heavy (non-hydrogen) atoms. The lowest BCUT2D eigenvalue weighted by molar-refractivity contribution is 1.47. The zero-order valence-corrected chi connectivity index (χ0v) is 8.36. The molecule has 0 atom stereocenters. The molecule has 0 heterocycles. The van der Waals surface area contributed by atoms with Gasteiger partial charge < -0.3 is 0 Å². The van der Waals surface area contributed by atoms with Gasteiger partial charge in [-0.3, -0.25) is 0 Å². The van der Waals surface area contributed by atoms with Crippen LogP contribution in [0.3, 0.4) is 0 Å². The summed E-state index contributed by atoms with van der Waals surface area (Å²) in [5.41, 5.74) is 1.20. The maximum Gasteiger partial charge on any atom is 0.100 e. The van der Waals surface area contributed by atoms with Crippen molar-refractivity contribution in [3.05, 3.63) is 34.3 Å². The predicted octanol–water partition coefficient (Wildman–Crippen LogP) is 2.49. The first kappa shape index (κ1) is 9.99. The van der Waals surface area contributed by atoms with E-state index in [0.717, 1.165) is 0 Å². The molecule has 64 valence electrons. The van der Waals surface area contributed by atoms with E-state index in [0.29, 0.717) is 21.9 Å². The Bertz CT molecular complexity index is 409. The predicted molar refractivity (Wildman–Crippen MR) is 56.9 cm³/mol. The van der Waals surface area contributed by atoms with E-state index in [1.165, 1.54) is 0 Å². The molecule has 1 aromatic rings. The molecule has 0 N–H and O–H groups in total. The smallest absolute Gasteiger partial charge is 0.100 e. The number of hydrogen-bond acceptors (Lipinski definition) is 2. The van der Waals surface area contributed by atoms with Crippen LogP contribution in [0.25, 0.3) is 0 Å². The molecule has 0 saturated carbocycles. The van der Waals surface area contributed by atoms with Crippen molar-refractivity contribution in [3.63, 3.8) is 0 Å². The Hall–Kier alpha value is -1.09. The summed E-state index contributed by atoms with van der Waals surface area (Å²) in [6.45, 7) is 0. The van der Waals surface area contributed by atoms with Gasteiger partial charge in [-0.25, -0.2) is 0 Å². The fraction of sp³-hybridized carbons (Fsp3) is 0.100. The summed E-state index contributed by atoms with van der Waals surface area (Å²) in [6, 6.07) is 7.08. The maximum atomic E-state index is 8.75. The quantitative estimate of drug-likeness (QED) is 0.513. The van der Waals surface area contributed by atoms with Gasteiger partial charge in [-0.2, -0.15) is 17.9 Å². The van der Waals surface area contributed by atoms with Gasteiger partial charge in [-0.15, -0.1) is 0 Å². The van der Waals surface area contributed by atoms with E-state index < -0.39 is 0 Å². The zero-order valence-electron chi connectivity index (χ0n) is 6.71. The number of thiol groups is 1. The molecule has 0 aliphatic heterocycles. The molecule has 1 nitrogen and oxygen atoms in total. The van der Waals surface area contributed by atoms with Crippen molar-refractivity contribution < 1.29 is 0 Å². The third-order valence-corrected chi connectivity index (χ3v) is 1.80. The average Bonchev–Trinajstić information content (AvgIpc) is 2.16. The topological polar surface area (TPSA) is 23.8 Å². The van der Waals surface area contributed by atoms with E-state index in [1.54, 1.807) is 18.2 Å². The summed E-state index contributed by atoms with van der Waals surface area (Å²) in [4.78, 5) is 0. The van der Waals surface area contributed by atoms with Crippen molar-refractivity contribution in [1.29, 1.82) is 5.26 Å². The summed E-state index contributed by atoms with van der Waals surface area (Å²) in [5, 5.41) is 9.30. The van der Waals surface area contributed by atoms with Gasteiger partial charge in [0.25, 0.3) is 0 Å². The van der Waals surface area contributed by atoms with E-state index in [4.69, 9.17) is 16.9 Å². The SMILES string of the molecule is N#Cc1cc(Cl)ccc1C#CCS. The van der Waals surface area contributed by atoms with Crippen molar-refractivity contribution >= 4 is 24.2 Å². The van der Waals surface area contributed by atoms with E-state index in [9.17, 15) is 0 Å². The van der Waals surface area contributed by atoms with Gasteiger partial charge in [-0.05, 0) is 18.2 Å². The largest absolute Gasteiger partial charge is 0.192 e. The molecule has 0 spiro atoms. The first-order valence-corrected chi connectivity index (χ1v) is 4.58. The summed E-state index contributed by atoms with van der Waals surface area (Å²) < 4.78 is 0. The number of benzene rings is 1. The van der Waals surface area contributed by atoms with Crippen molar-refractivity contribution in [2.75, 3.05) is 5.75 Å². The summed E-state index contributed by atoms with van der Waals surface area (Å²) >= 11 is 9.67. The second kappa shape index (κ2) is 4.82. The molecule has 0 aromatic heterocycles. The standard InChI is InChI=1S/C10H6ClNS/c11-10-4-3-8(2-1-5-13)9(6-10)7-12/h3-4,6,13H,5H2. The van der Waals surface area contributed by atoms with Crippen LogP contribution in [0.1, 0.15) is 11.1 Å². The minimum absolute atomic E-state index is 0.480. The highest BCUT2D eigenvalue weighted by atomic mass is 35.5. The first-order valence-electron chi connectivity index (χ1n) is 3.57. The van der Waals surface area contributed by atoms with Gasteiger partial charge >= 0.3 is 0 Å². The molecule has 0 saturated heterocycles. The zero-order chi connectivity index (χ0) is 9.68. The molecule has 0 radical (unpaired) electrons. The molecule has 3 heteroatoms. The fourth-order valence-electron chi connectivity index (χ4n) is 0.853. The second-order valence-corrected chi connectivity index (χ2v) is 3.01. The van der Waals surface area contributed by atoms with Gasteiger partial charge in [0.2, 0.25) is 0 Å². The number of hydrogen-bond donors (Lipinski definition) is 1. The van der Waals surface area contributed by atoms with Gasteiger partial charge in [-0.1, -0.05) is 23.4 Å². The molecule has 0 aliphatic rings. The van der Waals surface area contributed by atoms with Gasteiger partial charge in [0.15, 0.2) is 0 Å². The van der Waals surface area contributed by atoms with Crippen LogP contribution in [0.4, 0.5) is 0 Å². The van der Waals surface area contributed by atoms with Gasteiger partial charge in [0.1, 0.15) is 6.07 Å². The monoisotopic (exact) mass is 207 g/mol. The minimum atomic E-state index is 0.480. The van der Waals surface area contributed by atoms with Crippen LogP contribution in [0.2, 0.25) is 5.02 Å². The highest BCUT2D eigenvalue weighted by Gasteiger charge is 1.98. The molecule has 0 aliphatic carbocycles. The Morgan fingerprint density at radius 3 is 2.77 bits per heavy atom. The molecule has 1 aromatic carbocycles. The molecule has 0 bridgehead atoms. The van der Waals surface area contributed by atoms with E-state index >= 15 is 0 Å². The molecule has 0 unspecified atom stereocenters. The van der Waals surface area contributed by atoms with Crippen LogP contribution in [0, 0.1) is 23.2 Å². The Labute approximate surface area is 87.7 Å². The molecular formula is C10H6ClNS. The van der Waals surface area contributed by atoms with Crippen molar-refractivity contribution in [3.8, 4) is 17.9 Å². The normalized spacial score (nSPS) is 8.38. The molecular weight excluding hydrogens is 202 g/mol. The van der Waals surface area contributed by atoms with Crippen molar-refractivity contribution in [2.24, 2.45) is 0 Å². The van der Waals surface area contributed by atoms with E-state index in [-0.39, 0.29) is 0 Å². The van der Waals surface area contributed by atoms with Crippen LogP contribution < -0.4 is 0 Å². The lowest BCUT2D eigenvalue weighted by Gasteiger charge is -1.94.